The fourth-order valence-corrected chi connectivity index (χ4v) is 3.75. The Kier molecular flexibility index (Phi) is 5.39. The fourth-order valence-electron chi connectivity index (χ4n) is 2.45. The molecule has 0 atom stereocenters. The van der Waals surface area contributed by atoms with Crippen LogP contribution >= 0.6 is 24.0 Å². The van der Waals surface area contributed by atoms with Crippen molar-refractivity contribution in [1.82, 2.24) is 0 Å². The van der Waals surface area contributed by atoms with E-state index in [0.29, 0.717) is 15.0 Å². The second kappa shape index (κ2) is 7.72. The Hall–Kier alpha value is -2.64. The number of aryl methyl sites for hydroxylation is 1. The van der Waals surface area contributed by atoms with Crippen LogP contribution in [0.15, 0.2) is 53.4 Å². The number of ether oxygens (including phenoxy) is 1. The zero-order valence-electron chi connectivity index (χ0n) is 13.8. The molecule has 0 radical (unpaired) electrons. The zero-order valence-corrected chi connectivity index (χ0v) is 15.5. The smallest absolute Gasteiger partial charge is 0.341 e. The van der Waals surface area contributed by atoms with E-state index in [1.807, 2.05) is 37.3 Å². The summed E-state index contributed by atoms with van der Waals surface area (Å²) in [6.07, 6.45) is 1.72. The van der Waals surface area contributed by atoms with Crippen LogP contribution in [0.3, 0.4) is 0 Å². The minimum atomic E-state index is -1.05. The van der Waals surface area contributed by atoms with Gasteiger partial charge in [0.15, 0.2) is 10.9 Å². The molecule has 1 fully saturated rings. The molecule has 0 saturated carbocycles. The molecule has 1 amide bonds. The van der Waals surface area contributed by atoms with Crippen LogP contribution in [0.25, 0.3) is 6.08 Å². The molecule has 0 spiro atoms. The topological polar surface area (TPSA) is 66.8 Å². The van der Waals surface area contributed by atoms with Crippen molar-refractivity contribution < 1.29 is 19.4 Å². The summed E-state index contributed by atoms with van der Waals surface area (Å²) in [6.45, 7) is 1.54. The lowest BCUT2D eigenvalue weighted by atomic mass is 10.2. The summed E-state index contributed by atoms with van der Waals surface area (Å²) in [7, 11) is 0. The molecule has 1 heterocycles. The Balaban J connectivity index is 1.84. The normalized spacial score (nSPS) is 15.6. The number of carboxylic acids is 1. The highest BCUT2D eigenvalue weighted by Crippen LogP contribution is 2.36. The number of nitrogens with zero attached hydrogens (tertiary/aromatic N) is 1. The first-order valence-electron chi connectivity index (χ1n) is 7.73. The molecule has 132 valence electrons. The summed E-state index contributed by atoms with van der Waals surface area (Å²) >= 11 is 6.60. The van der Waals surface area contributed by atoms with E-state index < -0.39 is 12.6 Å². The quantitative estimate of drug-likeness (QED) is 0.623. The summed E-state index contributed by atoms with van der Waals surface area (Å²) in [6, 6.07) is 14.5. The van der Waals surface area contributed by atoms with Crippen molar-refractivity contribution in [1.29, 1.82) is 0 Å². The van der Waals surface area contributed by atoms with Gasteiger partial charge in [-0.05, 0) is 48.4 Å². The van der Waals surface area contributed by atoms with Gasteiger partial charge in [-0.1, -0.05) is 48.2 Å². The molecule has 1 saturated heterocycles. The molecule has 1 aliphatic rings. The number of benzene rings is 2. The van der Waals surface area contributed by atoms with Crippen molar-refractivity contribution in [3.05, 3.63) is 64.6 Å². The fraction of sp³-hybridized carbons (Fsp3) is 0.105. The van der Waals surface area contributed by atoms with Crippen molar-refractivity contribution >= 4 is 51.9 Å². The highest BCUT2D eigenvalue weighted by atomic mass is 32.2. The third-order valence-corrected chi connectivity index (χ3v) is 4.87. The zero-order chi connectivity index (χ0) is 18.7. The third kappa shape index (κ3) is 4.12. The average molecular weight is 385 g/mol. The number of thioether (sulfide) groups is 1. The third-order valence-electron chi connectivity index (χ3n) is 3.57. The summed E-state index contributed by atoms with van der Waals surface area (Å²) < 4.78 is 5.64. The van der Waals surface area contributed by atoms with Crippen LogP contribution < -0.4 is 9.64 Å². The van der Waals surface area contributed by atoms with Gasteiger partial charge in [0, 0.05) is 0 Å². The predicted molar refractivity (Wildman–Crippen MR) is 106 cm³/mol. The number of anilines is 1. The first kappa shape index (κ1) is 18.2. The lowest BCUT2D eigenvalue weighted by molar-refractivity contribution is -0.139. The Bertz CT molecular complexity index is 923. The number of hydrogen-bond acceptors (Lipinski definition) is 5. The first-order valence-corrected chi connectivity index (χ1v) is 8.96. The molecule has 0 bridgehead atoms. The van der Waals surface area contributed by atoms with Crippen molar-refractivity contribution in [2.45, 2.75) is 6.92 Å². The van der Waals surface area contributed by atoms with Crippen molar-refractivity contribution in [2.24, 2.45) is 0 Å². The molecule has 26 heavy (non-hydrogen) atoms. The first-order chi connectivity index (χ1) is 12.4. The summed E-state index contributed by atoms with van der Waals surface area (Å²) in [5, 5.41) is 8.69. The van der Waals surface area contributed by atoms with E-state index in [2.05, 4.69) is 0 Å². The number of amides is 1. The maximum atomic E-state index is 12.8. The van der Waals surface area contributed by atoms with Gasteiger partial charge in [0.1, 0.15) is 5.75 Å². The minimum Gasteiger partial charge on any atom is -0.482 e. The van der Waals surface area contributed by atoms with Crippen LogP contribution in [0.4, 0.5) is 5.69 Å². The number of carboxylic acid groups (broad SMARTS) is 1. The lowest BCUT2D eigenvalue weighted by Gasteiger charge is -2.14. The molecule has 0 aliphatic carbocycles. The van der Waals surface area contributed by atoms with Crippen LogP contribution in [0.2, 0.25) is 0 Å². The molecular formula is C19H15NO4S2. The standard InChI is InChI=1S/C19H15NO4S2/c1-12-4-2-6-14(8-12)20-18(23)16(26-19(20)25)10-13-5-3-7-15(9-13)24-11-17(21)22/h2-10H,11H2,1H3,(H,21,22). The summed E-state index contributed by atoms with van der Waals surface area (Å²) in [5.41, 5.74) is 2.52. The SMILES string of the molecule is Cc1cccc(N2C(=O)C(=Cc3cccc(OCC(=O)O)c3)SC2=S)c1. The second-order valence-corrected chi connectivity index (χ2v) is 7.29. The largest absolute Gasteiger partial charge is 0.482 e. The van der Waals surface area contributed by atoms with E-state index in [9.17, 15) is 9.59 Å². The predicted octanol–water partition coefficient (Wildman–Crippen LogP) is 3.86. The van der Waals surface area contributed by atoms with Crippen LogP contribution in [-0.4, -0.2) is 27.9 Å². The Labute approximate surface area is 160 Å². The Morgan fingerprint density at radius 2 is 2.04 bits per heavy atom. The number of thiocarbonyl (C=S) groups is 1. The van der Waals surface area contributed by atoms with E-state index in [4.69, 9.17) is 22.1 Å². The van der Waals surface area contributed by atoms with Crippen LogP contribution in [0.5, 0.6) is 5.75 Å². The van der Waals surface area contributed by atoms with Crippen molar-refractivity contribution in [3.8, 4) is 5.75 Å². The number of aliphatic carboxylic acids is 1. The number of carbonyl (C=O) groups is 2. The second-order valence-electron chi connectivity index (χ2n) is 5.61. The van der Waals surface area contributed by atoms with Crippen molar-refractivity contribution in [3.63, 3.8) is 0 Å². The molecule has 0 unspecified atom stereocenters. The van der Waals surface area contributed by atoms with E-state index in [0.717, 1.165) is 16.8 Å². The number of rotatable bonds is 5. The Morgan fingerprint density at radius 1 is 1.27 bits per heavy atom. The highest BCUT2D eigenvalue weighted by molar-refractivity contribution is 8.27. The molecule has 0 aromatic heterocycles. The molecule has 2 aromatic carbocycles. The van der Waals surface area contributed by atoms with Gasteiger partial charge in [-0.2, -0.15) is 0 Å². The molecule has 1 N–H and O–H groups in total. The van der Waals surface area contributed by atoms with Crippen LogP contribution in [0.1, 0.15) is 11.1 Å². The van der Waals surface area contributed by atoms with E-state index in [1.165, 1.54) is 16.7 Å². The van der Waals surface area contributed by atoms with Gasteiger partial charge >= 0.3 is 5.97 Å². The van der Waals surface area contributed by atoms with Gasteiger partial charge < -0.3 is 9.84 Å². The average Bonchev–Trinajstić information content (AvgIpc) is 2.87. The van der Waals surface area contributed by atoms with Crippen LogP contribution in [0, 0.1) is 6.92 Å². The monoisotopic (exact) mass is 385 g/mol. The van der Waals surface area contributed by atoms with Gasteiger partial charge in [-0.15, -0.1) is 0 Å². The Morgan fingerprint density at radius 3 is 2.77 bits per heavy atom. The molecule has 5 nitrogen and oxygen atoms in total. The summed E-state index contributed by atoms with van der Waals surface area (Å²) in [4.78, 5) is 25.4. The molecule has 7 heteroatoms. The van der Waals surface area contributed by atoms with E-state index in [1.54, 1.807) is 24.3 Å². The van der Waals surface area contributed by atoms with Gasteiger partial charge in [-0.3, -0.25) is 9.69 Å². The van der Waals surface area contributed by atoms with Crippen molar-refractivity contribution in [2.75, 3.05) is 11.5 Å². The minimum absolute atomic E-state index is 0.178. The van der Waals surface area contributed by atoms with Gasteiger partial charge in [0.05, 0.1) is 10.6 Å². The maximum Gasteiger partial charge on any atom is 0.341 e. The highest BCUT2D eigenvalue weighted by Gasteiger charge is 2.33. The molecule has 2 aromatic rings. The molecule has 1 aliphatic heterocycles. The van der Waals surface area contributed by atoms with Gasteiger partial charge in [0.25, 0.3) is 5.91 Å². The van der Waals surface area contributed by atoms with Gasteiger partial charge in [0.2, 0.25) is 0 Å². The van der Waals surface area contributed by atoms with Crippen LogP contribution in [-0.2, 0) is 9.59 Å². The molecule has 3 rings (SSSR count). The van der Waals surface area contributed by atoms with Gasteiger partial charge in [-0.25, -0.2) is 4.79 Å². The lowest BCUT2D eigenvalue weighted by Crippen LogP contribution is -2.27. The maximum absolute atomic E-state index is 12.8. The van der Waals surface area contributed by atoms with E-state index >= 15 is 0 Å². The van der Waals surface area contributed by atoms with E-state index in [-0.39, 0.29) is 5.91 Å². The summed E-state index contributed by atoms with van der Waals surface area (Å²) in [5.74, 6) is -0.799. The molecular weight excluding hydrogens is 370 g/mol. The number of hydrogen-bond donors (Lipinski definition) is 1. The number of carbonyl (C=O) groups excluding carboxylic acids is 1.